The van der Waals surface area contributed by atoms with E-state index in [-0.39, 0.29) is 5.78 Å². The average molecular weight is 158 g/mol. The number of carbonyl (C=O) groups is 1. The van der Waals surface area contributed by atoms with Gasteiger partial charge >= 0.3 is 0 Å². The van der Waals surface area contributed by atoms with Crippen LogP contribution in [0.3, 0.4) is 0 Å². The van der Waals surface area contributed by atoms with Crippen LogP contribution >= 0.6 is 0 Å². The minimum atomic E-state index is -0.783. The molecule has 0 rings (SSSR count). The zero-order valence-corrected chi connectivity index (χ0v) is 7.63. The van der Waals surface area contributed by atoms with Crippen LogP contribution in [0.5, 0.6) is 0 Å². The second-order valence-electron chi connectivity index (χ2n) is 3.24. The van der Waals surface area contributed by atoms with Crippen LogP contribution in [-0.4, -0.2) is 17.0 Å². The van der Waals surface area contributed by atoms with E-state index in [9.17, 15) is 4.79 Å². The Morgan fingerprint density at radius 3 is 2.36 bits per heavy atom. The number of aliphatic hydroxyl groups is 1. The average Bonchev–Trinajstić information content (AvgIpc) is 1.87. The van der Waals surface area contributed by atoms with Gasteiger partial charge in [-0.25, -0.2) is 0 Å². The van der Waals surface area contributed by atoms with Crippen LogP contribution in [0.15, 0.2) is 0 Å². The van der Waals surface area contributed by atoms with E-state index in [1.54, 1.807) is 0 Å². The van der Waals surface area contributed by atoms with Crippen LogP contribution in [0.25, 0.3) is 0 Å². The summed E-state index contributed by atoms with van der Waals surface area (Å²) in [5, 5.41) is 8.89. The van der Waals surface area contributed by atoms with Crippen molar-refractivity contribution in [2.24, 2.45) is 5.92 Å². The van der Waals surface area contributed by atoms with Crippen LogP contribution < -0.4 is 0 Å². The number of ketones is 1. The third-order valence-corrected chi connectivity index (χ3v) is 1.80. The van der Waals surface area contributed by atoms with Crippen molar-refractivity contribution >= 4 is 5.78 Å². The molecule has 0 amide bonds. The van der Waals surface area contributed by atoms with E-state index >= 15 is 0 Å². The summed E-state index contributed by atoms with van der Waals surface area (Å²) in [6.45, 7) is 5.67. The summed E-state index contributed by atoms with van der Waals surface area (Å²) in [5.74, 6) is 0.382. The molecule has 0 fully saturated rings. The Balaban J connectivity index is 3.57. The van der Waals surface area contributed by atoms with Gasteiger partial charge in [-0.1, -0.05) is 26.7 Å². The Bertz CT molecular complexity index is 119. The standard InChI is InChI=1S/C9H18O2/c1-4-5-7(2)6-9(11)8(3)10/h7-8,10H,4-6H2,1-3H3. The van der Waals surface area contributed by atoms with Crippen molar-refractivity contribution in [3.8, 4) is 0 Å². The Morgan fingerprint density at radius 1 is 1.45 bits per heavy atom. The van der Waals surface area contributed by atoms with Crippen molar-refractivity contribution in [3.05, 3.63) is 0 Å². The van der Waals surface area contributed by atoms with E-state index in [1.165, 1.54) is 6.92 Å². The summed E-state index contributed by atoms with van der Waals surface area (Å²) < 4.78 is 0. The highest BCUT2D eigenvalue weighted by Gasteiger charge is 2.12. The molecule has 2 atom stereocenters. The molecular weight excluding hydrogens is 140 g/mol. The van der Waals surface area contributed by atoms with E-state index < -0.39 is 6.10 Å². The second kappa shape index (κ2) is 5.30. The fourth-order valence-corrected chi connectivity index (χ4v) is 1.11. The van der Waals surface area contributed by atoms with Gasteiger partial charge in [-0.15, -0.1) is 0 Å². The summed E-state index contributed by atoms with van der Waals surface area (Å²) in [5.41, 5.74) is 0. The molecule has 11 heavy (non-hydrogen) atoms. The molecule has 0 aromatic heterocycles. The number of rotatable bonds is 5. The van der Waals surface area contributed by atoms with Gasteiger partial charge in [-0.3, -0.25) is 4.79 Å². The normalized spacial score (nSPS) is 16.0. The molecular formula is C9H18O2. The van der Waals surface area contributed by atoms with Gasteiger partial charge in [-0.05, 0) is 12.8 Å². The molecule has 0 aromatic carbocycles. The summed E-state index contributed by atoms with van der Waals surface area (Å²) in [4.78, 5) is 11.0. The molecule has 2 nitrogen and oxygen atoms in total. The minimum Gasteiger partial charge on any atom is -0.386 e. The molecule has 1 N–H and O–H groups in total. The first-order chi connectivity index (χ1) is 5.07. The first-order valence-electron chi connectivity index (χ1n) is 4.28. The maximum absolute atomic E-state index is 11.0. The second-order valence-corrected chi connectivity index (χ2v) is 3.24. The topological polar surface area (TPSA) is 37.3 Å². The molecule has 0 saturated carbocycles. The number of aliphatic hydroxyl groups excluding tert-OH is 1. The number of hydrogen-bond donors (Lipinski definition) is 1. The predicted octanol–water partition coefficient (Wildman–Crippen LogP) is 1.76. The zero-order valence-electron chi connectivity index (χ0n) is 7.63. The molecule has 66 valence electrons. The van der Waals surface area contributed by atoms with Crippen molar-refractivity contribution in [3.63, 3.8) is 0 Å². The maximum atomic E-state index is 11.0. The molecule has 0 bridgehead atoms. The third-order valence-electron chi connectivity index (χ3n) is 1.80. The van der Waals surface area contributed by atoms with Crippen LogP contribution in [0, 0.1) is 5.92 Å². The Labute approximate surface area is 68.6 Å². The Kier molecular flexibility index (Phi) is 5.12. The summed E-state index contributed by atoms with van der Waals surface area (Å²) in [6.07, 6.45) is 1.91. The van der Waals surface area contributed by atoms with E-state index in [0.717, 1.165) is 12.8 Å². The third kappa shape index (κ3) is 4.96. The zero-order chi connectivity index (χ0) is 8.85. The smallest absolute Gasteiger partial charge is 0.161 e. The number of hydrogen-bond acceptors (Lipinski definition) is 2. The van der Waals surface area contributed by atoms with Gasteiger partial charge in [-0.2, -0.15) is 0 Å². The first kappa shape index (κ1) is 10.6. The van der Waals surface area contributed by atoms with Gasteiger partial charge in [0.25, 0.3) is 0 Å². The minimum absolute atomic E-state index is 0.0362. The molecule has 2 unspecified atom stereocenters. The Hall–Kier alpha value is -0.370. The summed E-state index contributed by atoms with van der Waals surface area (Å²) in [7, 11) is 0. The van der Waals surface area contributed by atoms with Crippen molar-refractivity contribution in [2.45, 2.75) is 46.1 Å². The lowest BCUT2D eigenvalue weighted by molar-refractivity contribution is -0.127. The molecule has 0 radical (unpaired) electrons. The van der Waals surface area contributed by atoms with Crippen LogP contribution in [0.1, 0.15) is 40.0 Å². The fourth-order valence-electron chi connectivity index (χ4n) is 1.11. The Morgan fingerprint density at radius 2 is 2.00 bits per heavy atom. The van der Waals surface area contributed by atoms with Gasteiger partial charge in [0.15, 0.2) is 5.78 Å². The molecule has 0 spiro atoms. The van der Waals surface area contributed by atoms with Crippen molar-refractivity contribution in [1.82, 2.24) is 0 Å². The summed E-state index contributed by atoms with van der Waals surface area (Å²) >= 11 is 0. The molecule has 0 aliphatic heterocycles. The molecule has 0 saturated heterocycles. The SMILES string of the molecule is CCCC(C)CC(=O)C(C)O. The highest BCUT2D eigenvalue weighted by atomic mass is 16.3. The highest BCUT2D eigenvalue weighted by Crippen LogP contribution is 2.11. The van der Waals surface area contributed by atoms with Crippen LogP contribution in [-0.2, 0) is 4.79 Å². The van der Waals surface area contributed by atoms with Crippen molar-refractivity contribution in [1.29, 1.82) is 0 Å². The highest BCUT2D eigenvalue weighted by molar-refractivity contribution is 5.82. The van der Waals surface area contributed by atoms with Gasteiger partial charge in [0, 0.05) is 6.42 Å². The van der Waals surface area contributed by atoms with Crippen molar-refractivity contribution < 1.29 is 9.90 Å². The first-order valence-corrected chi connectivity index (χ1v) is 4.28. The lowest BCUT2D eigenvalue weighted by Gasteiger charge is -2.09. The van der Waals surface area contributed by atoms with E-state index in [1.807, 2.05) is 6.92 Å². The van der Waals surface area contributed by atoms with E-state index in [2.05, 4.69) is 6.92 Å². The van der Waals surface area contributed by atoms with Gasteiger partial charge in [0.2, 0.25) is 0 Å². The predicted molar refractivity (Wildman–Crippen MR) is 45.4 cm³/mol. The maximum Gasteiger partial charge on any atom is 0.161 e. The van der Waals surface area contributed by atoms with E-state index in [4.69, 9.17) is 5.11 Å². The lowest BCUT2D eigenvalue weighted by atomic mass is 9.98. The van der Waals surface area contributed by atoms with Gasteiger partial charge in [0.1, 0.15) is 6.10 Å². The molecule has 0 heterocycles. The number of carbonyl (C=O) groups excluding carboxylic acids is 1. The molecule has 0 aromatic rings. The lowest BCUT2D eigenvalue weighted by Crippen LogP contribution is -2.18. The van der Waals surface area contributed by atoms with Crippen molar-refractivity contribution in [2.75, 3.05) is 0 Å². The quantitative estimate of drug-likeness (QED) is 0.662. The summed E-state index contributed by atoms with van der Waals surface area (Å²) in [6, 6.07) is 0. The van der Waals surface area contributed by atoms with Gasteiger partial charge < -0.3 is 5.11 Å². The monoisotopic (exact) mass is 158 g/mol. The molecule has 0 aliphatic carbocycles. The van der Waals surface area contributed by atoms with Crippen LogP contribution in [0.4, 0.5) is 0 Å². The molecule has 0 aliphatic rings. The van der Waals surface area contributed by atoms with Gasteiger partial charge in [0.05, 0.1) is 0 Å². The fraction of sp³-hybridized carbons (Fsp3) is 0.889. The largest absolute Gasteiger partial charge is 0.386 e. The molecule has 2 heteroatoms. The van der Waals surface area contributed by atoms with Crippen LogP contribution in [0.2, 0.25) is 0 Å². The number of Topliss-reactive ketones (excluding diaryl/α,β-unsaturated/α-hetero) is 1. The van der Waals surface area contributed by atoms with E-state index in [0.29, 0.717) is 12.3 Å².